The molecule has 1 aromatic rings. The maximum absolute atomic E-state index is 11.1. The minimum atomic E-state index is -5.08. The average molecular weight is 442 g/mol. The molecule has 166 valence electrons. The number of alkyl halides is 3. The number of sulfonamides is 1. The molecule has 12 heteroatoms. The van der Waals surface area contributed by atoms with Crippen LogP contribution in [0, 0.1) is 12.8 Å². The molecule has 0 aromatic carbocycles. The van der Waals surface area contributed by atoms with Crippen LogP contribution in [0.25, 0.3) is 0 Å². The lowest BCUT2D eigenvalue weighted by molar-refractivity contribution is -0.192. The van der Waals surface area contributed by atoms with E-state index in [4.69, 9.17) is 19.1 Å². The van der Waals surface area contributed by atoms with E-state index in [1.807, 2.05) is 19.1 Å². The van der Waals surface area contributed by atoms with Crippen LogP contribution < -0.4 is 4.72 Å². The number of halogens is 3. The Labute approximate surface area is 167 Å². The maximum atomic E-state index is 11.1. The number of nitrogens with one attached hydrogen (secondary N) is 1. The first-order valence-corrected chi connectivity index (χ1v) is 10.9. The van der Waals surface area contributed by atoms with Crippen LogP contribution >= 0.6 is 0 Å². The first-order chi connectivity index (χ1) is 13.3. The summed E-state index contributed by atoms with van der Waals surface area (Å²) < 4.78 is 68.2. The van der Waals surface area contributed by atoms with Crippen LogP contribution in [0.15, 0.2) is 16.5 Å². The molecule has 1 aromatic heterocycles. The summed E-state index contributed by atoms with van der Waals surface area (Å²) in [5, 5.41) is 7.12. The van der Waals surface area contributed by atoms with Gasteiger partial charge in [-0.3, -0.25) is 4.90 Å². The zero-order valence-electron chi connectivity index (χ0n) is 16.2. The van der Waals surface area contributed by atoms with Crippen molar-refractivity contribution < 1.29 is 40.6 Å². The molecule has 2 aliphatic rings. The van der Waals surface area contributed by atoms with Gasteiger partial charge < -0.3 is 14.3 Å². The van der Waals surface area contributed by atoms with Gasteiger partial charge in [0.05, 0.1) is 18.4 Å². The average Bonchev–Trinajstić information content (AvgIpc) is 3.12. The van der Waals surface area contributed by atoms with Crippen LogP contribution in [-0.4, -0.2) is 68.7 Å². The number of rotatable bonds is 6. The molecule has 1 spiro atoms. The molecule has 2 fully saturated rings. The van der Waals surface area contributed by atoms with Crippen molar-refractivity contribution in [1.82, 2.24) is 9.62 Å². The van der Waals surface area contributed by atoms with Gasteiger partial charge in [0.25, 0.3) is 0 Å². The second kappa shape index (κ2) is 9.02. The Morgan fingerprint density at radius 1 is 1.38 bits per heavy atom. The van der Waals surface area contributed by atoms with Crippen LogP contribution in [-0.2, 0) is 26.1 Å². The third kappa shape index (κ3) is 6.98. The molecule has 8 nitrogen and oxygen atoms in total. The number of furan rings is 1. The van der Waals surface area contributed by atoms with Crippen molar-refractivity contribution in [2.75, 3.05) is 32.5 Å². The molecule has 0 amide bonds. The van der Waals surface area contributed by atoms with Crippen LogP contribution in [0.3, 0.4) is 0 Å². The lowest BCUT2D eigenvalue weighted by Gasteiger charge is -2.50. The Morgan fingerprint density at radius 2 is 2.00 bits per heavy atom. The van der Waals surface area contributed by atoms with Crippen LogP contribution in [0.5, 0.6) is 0 Å². The van der Waals surface area contributed by atoms with Gasteiger partial charge in [0, 0.05) is 26.2 Å². The SMILES string of the molecule is Cc1ccc(CN2CC3(C2)OCCC3CCNS(C)(=O)=O)o1.O=C(O)C(F)(F)F. The number of aryl methyl sites for hydroxylation is 1. The number of carboxylic acids is 1. The number of ether oxygens (including phenoxy) is 1. The Morgan fingerprint density at radius 3 is 2.48 bits per heavy atom. The summed E-state index contributed by atoms with van der Waals surface area (Å²) in [7, 11) is -3.10. The second-order valence-corrected chi connectivity index (χ2v) is 9.15. The van der Waals surface area contributed by atoms with Crippen molar-refractivity contribution in [2.24, 2.45) is 5.92 Å². The third-order valence-corrected chi connectivity index (χ3v) is 5.59. The van der Waals surface area contributed by atoms with Gasteiger partial charge in [-0.25, -0.2) is 17.9 Å². The summed E-state index contributed by atoms with van der Waals surface area (Å²) in [5.74, 6) is -0.406. The molecule has 3 rings (SSSR count). The van der Waals surface area contributed by atoms with Crippen molar-refractivity contribution in [1.29, 1.82) is 0 Å². The predicted octanol–water partition coefficient (Wildman–Crippen LogP) is 1.75. The fraction of sp³-hybridized carbons (Fsp3) is 0.706. The summed E-state index contributed by atoms with van der Waals surface area (Å²) in [5.41, 5.74) is -0.0825. The van der Waals surface area contributed by atoms with E-state index in [-0.39, 0.29) is 5.60 Å². The van der Waals surface area contributed by atoms with Gasteiger partial charge in [0.15, 0.2) is 0 Å². The van der Waals surface area contributed by atoms with Crippen molar-refractivity contribution in [3.63, 3.8) is 0 Å². The van der Waals surface area contributed by atoms with Gasteiger partial charge in [-0.1, -0.05) is 0 Å². The largest absolute Gasteiger partial charge is 0.490 e. The van der Waals surface area contributed by atoms with Crippen LogP contribution in [0.2, 0.25) is 0 Å². The van der Waals surface area contributed by atoms with Gasteiger partial charge in [-0.2, -0.15) is 13.2 Å². The molecule has 1 atom stereocenters. The van der Waals surface area contributed by atoms with Gasteiger partial charge in [-0.05, 0) is 37.8 Å². The molecule has 0 radical (unpaired) electrons. The number of carbonyl (C=O) groups is 1. The Bertz CT molecular complexity index is 802. The van der Waals surface area contributed by atoms with Crippen molar-refractivity contribution in [3.8, 4) is 0 Å². The van der Waals surface area contributed by atoms with E-state index in [2.05, 4.69) is 9.62 Å². The number of nitrogens with zero attached hydrogens (tertiary/aromatic N) is 1. The van der Waals surface area contributed by atoms with Crippen LogP contribution in [0.4, 0.5) is 13.2 Å². The zero-order chi connectivity index (χ0) is 21.9. The first-order valence-electron chi connectivity index (χ1n) is 8.97. The Hall–Kier alpha value is -1.63. The van der Waals surface area contributed by atoms with E-state index < -0.39 is 22.2 Å². The van der Waals surface area contributed by atoms with E-state index in [9.17, 15) is 21.6 Å². The molecule has 3 heterocycles. The molecular weight excluding hydrogens is 417 g/mol. The number of hydrogen-bond acceptors (Lipinski definition) is 6. The standard InChI is InChI=1S/C15H24N2O4S.C2HF3O2/c1-12-3-4-14(21-12)9-17-10-15(11-17)13(6-8-20-15)5-7-16-22(2,18)19;3-2(4,5)1(6)7/h3-4,13,16H,5-11H2,1-2H3;(H,6,7). The highest BCUT2D eigenvalue weighted by molar-refractivity contribution is 7.88. The topological polar surface area (TPSA) is 109 Å². The first kappa shape index (κ1) is 23.6. The highest BCUT2D eigenvalue weighted by Crippen LogP contribution is 2.42. The zero-order valence-corrected chi connectivity index (χ0v) is 17.0. The molecule has 0 saturated carbocycles. The number of likely N-dealkylation sites (tertiary alicyclic amines) is 1. The highest BCUT2D eigenvalue weighted by atomic mass is 32.2. The van der Waals surface area contributed by atoms with Gasteiger partial charge in [0.2, 0.25) is 10.0 Å². The van der Waals surface area contributed by atoms with E-state index >= 15 is 0 Å². The molecule has 29 heavy (non-hydrogen) atoms. The van der Waals surface area contributed by atoms with Gasteiger partial charge in [-0.15, -0.1) is 0 Å². The Kier molecular flexibility index (Phi) is 7.36. The van der Waals surface area contributed by atoms with Gasteiger partial charge in [0.1, 0.15) is 11.5 Å². The molecular formula is C17H25F3N2O6S. The number of hydrogen-bond donors (Lipinski definition) is 2. The summed E-state index contributed by atoms with van der Waals surface area (Å²) >= 11 is 0. The Balaban J connectivity index is 0.000000370. The fourth-order valence-electron chi connectivity index (χ4n) is 3.57. The molecule has 1 unspecified atom stereocenters. The fourth-order valence-corrected chi connectivity index (χ4v) is 4.06. The highest BCUT2D eigenvalue weighted by Gasteiger charge is 2.52. The van der Waals surface area contributed by atoms with E-state index in [1.165, 1.54) is 6.26 Å². The lowest BCUT2D eigenvalue weighted by atomic mass is 9.79. The minimum Gasteiger partial charge on any atom is -0.475 e. The maximum Gasteiger partial charge on any atom is 0.490 e. The molecule has 0 aliphatic carbocycles. The normalized spacial score (nSPS) is 21.5. The predicted molar refractivity (Wildman–Crippen MR) is 96.7 cm³/mol. The smallest absolute Gasteiger partial charge is 0.475 e. The molecule has 2 N–H and O–H groups in total. The number of carboxylic acid groups (broad SMARTS) is 1. The van der Waals surface area contributed by atoms with Crippen molar-refractivity contribution in [2.45, 2.75) is 38.1 Å². The molecule has 2 saturated heterocycles. The van der Waals surface area contributed by atoms with E-state index in [0.717, 1.165) is 50.6 Å². The van der Waals surface area contributed by atoms with Crippen molar-refractivity contribution >= 4 is 16.0 Å². The third-order valence-electron chi connectivity index (χ3n) is 4.86. The summed E-state index contributed by atoms with van der Waals surface area (Å²) in [4.78, 5) is 11.2. The summed E-state index contributed by atoms with van der Waals surface area (Å²) in [6.07, 6.45) is -2.04. The van der Waals surface area contributed by atoms with Crippen molar-refractivity contribution in [3.05, 3.63) is 23.7 Å². The van der Waals surface area contributed by atoms with Crippen LogP contribution in [0.1, 0.15) is 24.4 Å². The van der Waals surface area contributed by atoms with Gasteiger partial charge >= 0.3 is 12.1 Å². The van der Waals surface area contributed by atoms with E-state index in [1.54, 1.807) is 0 Å². The quantitative estimate of drug-likeness (QED) is 0.691. The lowest BCUT2D eigenvalue weighted by Crippen LogP contribution is -2.64. The monoisotopic (exact) mass is 442 g/mol. The number of aliphatic carboxylic acids is 1. The summed E-state index contributed by atoms with van der Waals surface area (Å²) in [6, 6.07) is 4.00. The molecule has 0 bridgehead atoms. The summed E-state index contributed by atoms with van der Waals surface area (Å²) in [6.45, 7) is 5.83. The van der Waals surface area contributed by atoms with E-state index in [0.29, 0.717) is 12.5 Å². The minimum absolute atomic E-state index is 0.0825. The molecule has 2 aliphatic heterocycles. The second-order valence-electron chi connectivity index (χ2n) is 7.31.